The van der Waals surface area contributed by atoms with Crippen LogP contribution in [0.2, 0.25) is 0 Å². The molecule has 0 radical (unpaired) electrons. The van der Waals surface area contributed by atoms with E-state index in [0.29, 0.717) is 0 Å². The standard InChI is InChI=1S/C2H3N.C2H4O2.H2O/c1-2-3;1-2(3)4;/h1H3;1H3,(H,3,4);1H2. The molecule has 0 saturated heterocycles. The van der Waals surface area contributed by atoms with Crippen molar-refractivity contribution in [1.82, 2.24) is 0 Å². The lowest BCUT2D eigenvalue weighted by Gasteiger charge is -1.59. The number of nitriles is 1. The molecule has 0 aliphatic heterocycles. The maximum Gasteiger partial charge on any atom is 0.300 e. The maximum atomic E-state index is 9.00. The van der Waals surface area contributed by atoms with E-state index < -0.39 is 5.97 Å². The third kappa shape index (κ3) is 64.8. The van der Waals surface area contributed by atoms with Crippen LogP contribution < -0.4 is 0 Å². The fourth-order valence-electron chi connectivity index (χ4n) is 0. The first-order valence-corrected chi connectivity index (χ1v) is 1.65. The zero-order valence-corrected chi connectivity index (χ0v) is 4.80. The molecule has 8 heavy (non-hydrogen) atoms. The molecule has 0 atom stereocenters. The van der Waals surface area contributed by atoms with Gasteiger partial charge >= 0.3 is 0 Å². The highest BCUT2D eigenvalue weighted by molar-refractivity contribution is 5.62. The van der Waals surface area contributed by atoms with E-state index in [2.05, 4.69) is 0 Å². The van der Waals surface area contributed by atoms with Crippen LogP contribution in [0, 0.1) is 11.3 Å². The summed E-state index contributed by atoms with van der Waals surface area (Å²) in [5.74, 6) is -0.833. The van der Waals surface area contributed by atoms with E-state index in [9.17, 15) is 0 Å². The second-order valence-electron chi connectivity index (χ2n) is 0.743. The second-order valence-corrected chi connectivity index (χ2v) is 0.743. The SMILES string of the molecule is CC#N.CC(=O)O.O. The van der Waals surface area contributed by atoms with E-state index >= 15 is 0 Å². The third-order valence-electron chi connectivity index (χ3n) is 0. The summed E-state index contributed by atoms with van der Waals surface area (Å²) in [6.45, 7) is 2.51. The molecule has 0 aromatic heterocycles. The predicted octanol–water partition coefficient (Wildman–Crippen LogP) is -0.204. The minimum Gasteiger partial charge on any atom is -0.481 e. The monoisotopic (exact) mass is 119 g/mol. The van der Waals surface area contributed by atoms with Gasteiger partial charge in [0.15, 0.2) is 0 Å². The van der Waals surface area contributed by atoms with Crippen LogP contribution in [0.3, 0.4) is 0 Å². The Bertz CT molecular complexity index is 79.8. The van der Waals surface area contributed by atoms with Gasteiger partial charge in [-0.1, -0.05) is 0 Å². The molecule has 0 fully saturated rings. The lowest BCUT2D eigenvalue weighted by atomic mass is 10.9. The van der Waals surface area contributed by atoms with Crippen LogP contribution in [0.1, 0.15) is 13.8 Å². The minimum atomic E-state index is -0.833. The molecule has 0 amide bonds. The number of carboxylic acids is 1. The molecule has 0 unspecified atom stereocenters. The van der Waals surface area contributed by atoms with Crippen molar-refractivity contribution in [2.45, 2.75) is 13.8 Å². The zero-order chi connectivity index (χ0) is 6.28. The molecule has 0 bridgehead atoms. The van der Waals surface area contributed by atoms with Crippen LogP contribution in [0.5, 0.6) is 0 Å². The molecule has 4 heteroatoms. The lowest BCUT2D eigenvalue weighted by molar-refractivity contribution is -0.134. The van der Waals surface area contributed by atoms with E-state index in [-0.39, 0.29) is 5.48 Å². The summed E-state index contributed by atoms with van der Waals surface area (Å²) >= 11 is 0. The van der Waals surface area contributed by atoms with Gasteiger partial charge in [0.2, 0.25) is 0 Å². The molecular weight excluding hydrogens is 110 g/mol. The van der Waals surface area contributed by atoms with Gasteiger partial charge in [0.05, 0.1) is 6.07 Å². The van der Waals surface area contributed by atoms with Crippen molar-refractivity contribution in [3.05, 3.63) is 0 Å². The quantitative estimate of drug-likeness (QED) is 0.478. The van der Waals surface area contributed by atoms with Gasteiger partial charge < -0.3 is 10.6 Å². The molecule has 0 heterocycles. The molecule has 4 nitrogen and oxygen atoms in total. The number of hydrogen-bond acceptors (Lipinski definition) is 2. The topological polar surface area (TPSA) is 92.6 Å². The summed E-state index contributed by atoms with van der Waals surface area (Å²) < 4.78 is 0. The molecule has 0 aromatic rings. The smallest absolute Gasteiger partial charge is 0.300 e. The number of aliphatic carboxylic acids is 1. The maximum absolute atomic E-state index is 9.00. The Hall–Kier alpha value is -1.08. The zero-order valence-electron chi connectivity index (χ0n) is 4.80. The van der Waals surface area contributed by atoms with Gasteiger partial charge in [-0.15, -0.1) is 0 Å². The van der Waals surface area contributed by atoms with Crippen LogP contribution in [-0.2, 0) is 4.79 Å². The Labute approximate surface area is 47.7 Å². The fraction of sp³-hybridized carbons (Fsp3) is 0.500. The molecule has 0 aliphatic rings. The van der Waals surface area contributed by atoms with E-state index in [1.165, 1.54) is 6.92 Å². The van der Waals surface area contributed by atoms with Crippen molar-refractivity contribution in [1.29, 1.82) is 5.26 Å². The third-order valence-corrected chi connectivity index (χ3v) is 0. The van der Waals surface area contributed by atoms with Crippen molar-refractivity contribution in [2.75, 3.05) is 0 Å². The number of carbonyl (C=O) groups is 1. The molecule has 0 rings (SSSR count). The molecule has 3 N–H and O–H groups in total. The number of hydrogen-bond donors (Lipinski definition) is 1. The normalized spacial score (nSPS) is 4.12. The first kappa shape index (κ1) is 15.8. The molecule has 0 spiro atoms. The van der Waals surface area contributed by atoms with Gasteiger partial charge in [-0.2, -0.15) is 5.26 Å². The van der Waals surface area contributed by atoms with E-state index in [1.54, 1.807) is 6.07 Å². The van der Waals surface area contributed by atoms with Crippen molar-refractivity contribution < 1.29 is 15.4 Å². The molecule has 48 valence electrons. The van der Waals surface area contributed by atoms with Crippen LogP contribution >= 0.6 is 0 Å². The average Bonchev–Trinajstić information content (AvgIpc) is 1.33. The summed E-state index contributed by atoms with van der Waals surface area (Å²) in [5.41, 5.74) is 0. The van der Waals surface area contributed by atoms with Gasteiger partial charge in [-0.05, 0) is 0 Å². The molecule has 0 aromatic carbocycles. The van der Waals surface area contributed by atoms with E-state index in [4.69, 9.17) is 15.2 Å². The molecular formula is C4H9NO3. The minimum absolute atomic E-state index is 0. The van der Waals surface area contributed by atoms with Crippen molar-refractivity contribution in [3.63, 3.8) is 0 Å². The Morgan fingerprint density at radius 2 is 1.75 bits per heavy atom. The van der Waals surface area contributed by atoms with Crippen molar-refractivity contribution in [3.8, 4) is 6.07 Å². The van der Waals surface area contributed by atoms with E-state index in [0.717, 1.165) is 6.92 Å². The van der Waals surface area contributed by atoms with Gasteiger partial charge in [0.25, 0.3) is 5.97 Å². The van der Waals surface area contributed by atoms with Gasteiger partial charge in [0.1, 0.15) is 0 Å². The Morgan fingerprint density at radius 1 is 1.75 bits per heavy atom. The van der Waals surface area contributed by atoms with Crippen molar-refractivity contribution >= 4 is 5.97 Å². The van der Waals surface area contributed by atoms with Crippen LogP contribution in [0.4, 0.5) is 0 Å². The second kappa shape index (κ2) is 16.8. The number of carboxylic acid groups (broad SMARTS) is 1. The van der Waals surface area contributed by atoms with Crippen LogP contribution in [0.15, 0.2) is 0 Å². The lowest BCUT2D eigenvalue weighted by Crippen LogP contribution is -1.78. The summed E-state index contributed by atoms with van der Waals surface area (Å²) in [4.78, 5) is 9.00. The van der Waals surface area contributed by atoms with Gasteiger partial charge in [-0.3, -0.25) is 4.79 Å². The van der Waals surface area contributed by atoms with Crippen LogP contribution in [-0.4, -0.2) is 16.6 Å². The highest BCUT2D eigenvalue weighted by Gasteiger charge is 1.65. The van der Waals surface area contributed by atoms with Gasteiger partial charge in [0, 0.05) is 13.8 Å². The average molecular weight is 119 g/mol. The fourth-order valence-corrected chi connectivity index (χ4v) is 0. The summed E-state index contributed by atoms with van der Waals surface area (Å²) in [7, 11) is 0. The van der Waals surface area contributed by atoms with Crippen molar-refractivity contribution in [2.24, 2.45) is 0 Å². The number of nitrogens with zero attached hydrogens (tertiary/aromatic N) is 1. The summed E-state index contributed by atoms with van der Waals surface area (Å²) in [6.07, 6.45) is 0. The largest absolute Gasteiger partial charge is 0.481 e. The highest BCUT2D eigenvalue weighted by atomic mass is 16.4. The molecule has 0 saturated carbocycles. The Balaban J connectivity index is -0.0000000575. The summed E-state index contributed by atoms with van der Waals surface area (Å²) in [5, 5.41) is 14.7. The van der Waals surface area contributed by atoms with Gasteiger partial charge in [-0.25, -0.2) is 0 Å². The Kier molecular flexibility index (Phi) is 33.2. The first-order chi connectivity index (χ1) is 3.15. The van der Waals surface area contributed by atoms with E-state index in [1.807, 2.05) is 0 Å². The van der Waals surface area contributed by atoms with Crippen LogP contribution in [0.25, 0.3) is 0 Å². The summed E-state index contributed by atoms with van der Waals surface area (Å²) in [6, 6.07) is 1.75. The number of rotatable bonds is 0. The first-order valence-electron chi connectivity index (χ1n) is 1.65. The predicted molar refractivity (Wildman–Crippen MR) is 28.2 cm³/mol. The molecule has 0 aliphatic carbocycles. The Morgan fingerprint density at radius 3 is 1.75 bits per heavy atom. The highest BCUT2D eigenvalue weighted by Crippen LogP contribution is 1.42.